The third-order valence-corrected chi connectivity index (χ3v) is 1.90. The molecule has 0 aliphatic carbocycles. The molecule has 2 nitrogen and oxygen atoms in total. The highest BCUT2D eigenvalue weighted by Gasteiger charge is 1.96. The van der Waals surface area contributed by atoms with Gasteiger partial charge in [0.05, 0.1) is 5.69 Å². The van der Waals surface area contributed by atoms with Gasteiger partial charge in [0.15, 0.2) is 0 Å². The van der Waals surface area contributed by atoms with Gasteiger partial charge in [-0.25, -0.2) is 4.39 Å². The Morgan fingerprint density at radius 3 is 2.93 bits per heavy atom. The van der Waals surface area contributed by atoms with Gasteiger partial charge in [-0.1, -0.05) is 18.2 Å². The molecule has 1 rings (SSSR count). The second-order valence-electron chi connectivity index (χ2n) is 3.08. The maximum atomic E-state index is 13.0. The molecule has 0 aromatic heterocycles. The van der Waals surface area contributed by atoms with Crippen LogP contribution in [-0.2, 0) is 0 Å². The first-order valence-corrected chi connectivity index (χ1v) is 4.60. The van der Waals surface area contributed by atoms with E-state index in [1.54, 1.807) is 12.1 Å². The first kappa shape index (κ1) is 10.7. The van der Waals surface area contributed by atoms with Crippen LogP contribution in [0.2, 0.25) is 0 Å². The minimum atomic E-state index is -0.360. The van der Waals surface area contributed by atoms with E-state index in [0.29, 0.717) is 0 Å². The molecule has 0 heterocycles. The van der Waals surface area contributed by atoms with Crippen molar-refractivity contribution >= 4 is 11.8 Å². The van der Waals surface area contributed by atoms with Gasteiger partial charge in [0, 0.05) is 0 Å². The molecule has 0 saturated carbocycles. The molecule has 0 atom stereocenters. The fourth-order valence-electron chi connectivity index (χ4n) is 1.09. The summed E-state index contributed by atoms with van der Waals surface area (Å²) in [6.07, 6.45) is 4.82. The summed E-state index contributed by atoms with van der Waals surface area (Å²) in [5, 5.41) is 3.03. The SMILES string of the molecule is CNCCC=Cc1ccc(N)c(F)c1. The van der Waals surface area contributed by atoms with E-state index in [9.17, 15) is 4.39 Å². The van der Waals surface area contributed by atoms with Gasteiger partial charge in [-0.05, 0) is 37.7 Å². The minimum Gasteiger partial charge on any atom is -0.396 e. The van der Waals surface area contributed by atoms with Gasteiger partial charge in [-0.2, -0.15) is 0 Å². The van der Waals surface area contributed by atoms with Crippen LogP contribution in [0, 0.1) is 5.82 Å². The summed E-state index contributed by atoms with van der Waals surface area (Å²) in [6, 6.07) is 4.81. The largest absolute Gasteiger partial charge is 0.396 e. The fraction of sp³-hybridized carbons (Fsp3) is 0.273. The predicted molar refractivity (Wildman–Crippen MR) is 58.4 cm³/mol. The second kappa shape index (κ2) is 5.40. The van der Waals surface area contributed by atoms with Crippen molar-refractivity contribution in [1.29, 1.82) is 0 Å². The first-order chi connectivity index (χ1) is 6.74. The van der Waals surface area contributed by atoms with Gasteiger partial charge in [-0.3, -0.25) is 0 Å². The summed E-state index contributed by atoms with van der Waals surface area (Å²) in [4.78, 5) is 0. The van der Waals surface area contributed by atoms with Crippen molar-refractivity contribution in [2.24, 2.45) is 0 Å². The Morgan fingerprint density at radius 2 is 2.29 bits per heavy atom. The molecule has 0 radical (unpaired) electrons. The molecule has 0 amide bonds. The zero-order valence-electron chi connectivity index (χ0n) is 8.26. The summed E-state index contributed by atoms with van der Waals surface area (Å²) in [5.74, 6) is -0.360. The van der Waals surface area contributed by atoms with E-state index in [4.69, 9.17) is 5.73 Å². The number of nitrogens with one attached hydrogen (secondary N) is 1. The number of nitrogens with two attached hydrogens (primary N) is 1. The van der Waals surface area contributed by atoms with Gasteiger partial charge in [-0.15, -0.1) is 0 Å². The molecular weight excluding hydrogens is 179 g/mol. The number of hydrogen-bond acceptors (Lipinski definition) is 2. The molecule has 0 unspecified atom stereocenters. The van der Waals surface area contributed by atoms with Crippen molar-refractivity contribution in [2.45, 2.75) is 6.42 Å². The van der Waals surface area contributed by atoms with Gasteiger partial charge in [0.25, 0.3) is 0 Å². The van der Waals surface area contributed by atoms with Crippen LogP contribution in [0.3, 0.4) is 0 Å². The summed E-state index contributed by atoms with van der Waals surface area (Å²) in [7, 11) is 1.90. The summed E-state index contributed by atoms with van der Waals surface area (Å²) < 4.78 is 13.0. The normalized spacial score (nSPS) is 11.0. The molecule has 0 spiro atoms. The fourth-order valence-corrected chi connectivity index (χ4v) is 1.09. The molecule has 1 aromatic rings. The average molecular weight is 194 g/mol. The van der Waals surface area contributed by atoms with Gasteiger partial charge < -0.3 is 11.1 Å². The Balaban J connectivity index is 2.59. The lowest BCUT2D eigenvalue weighted by molar-refractivity contribution is 0.632. The maximum absolute atomic E-state index is 13.0. The Bertz CT molecular complexity index is 321. The molecule has 76 valence electrons. The number of nitrogen functional groups attached to an aromatic ring is 1. The van der Waals surface area contributed by atoms with E-state index in [1.165, 1.54) is 6.07 Å². The third-order valence-electron chi connectivity index (χ3n) is 1.90. The van der Waals surface area contributed by atoms with E-state index in [2.05, 4.69) is 5.32 Å². The van der Waals surface area contributed by atoms with Crippen LogP contribution in [0.1, 0.15) is 12.0 Å². The van der Waals surface area contributed by atoms with E-state index in [-0.39, 0.29) is 11.5 Å². The number of hydrogen-bond donors (Lipinski definition) is 2. The lowest BCUT2D eigenvalue weighted by Crippen LogP contribution is -2.05. The molecule has 0 aliphatic rings. The van der Waals surface area contributed by atoms with E-state index in [1.807, 2.05) is 19.2 Å². The van der Waals surface area contributed by atoms with E-state index in [0.717, 1.165) is 18.5 Å². The highest BCUT2D eigenvalue weighted by atomic mass is 19.1. The maximum Gasteiger partial charge on any atom is 0.146 e. The summed E-state index contributed by atoms with van der Waals surface area (Å²) >= 11 is 0. The van der Waals surface area contributed by atoms with Crippen molar-refractivity contribution in [3.05, 3.63) is 35.7 Å². The van der Waals surface area contributed by atoms with Crippen molar-refractivity contribution in [2.75, 3.05) is 19.3 Å². The number of halogens is 1. The third kappa shape index (κ3) is 3.18. The van der Waals surface area contributed by atoms with Crippen LogP contribution in [0.5, 0.6) is 0 Å². The Hall–Kier alpha value is -1.35. The molecule has 14 heavy (non-hydrogen) atoms. The summed E-state index contributed by atoms with van der Waals surface area (Å²) in [6.45, 7) is 0.925. The van der Waals surface area contributed by atoms with E-state index < -0.39 is 0 Å². The zero-order chi connectivity index (χ0) is 10.4. The first-order valence-electron chi connectivity index (χ1n) is 4.60. The lowest BCUT2D eigenvalue weighted by atomic mass is 10.2. The van der Waals surface area contributed by atoms with Crippen LogP contribution >= 0.6 is 0 Å². The minimum absolute atomic E-state index is 0.192. The number of benzene rings is 1. The summed E-state index contributed by atoms with van der Waals surface area (Å²) in [5.41, 5.74) is 6.39. The smallest absolute Gasteiger partial charge is 0.146 e. The average Bonchev–Trinajstić information content (AvgIpc) is 2.18. The van der Waals surface area contributed by atoms with Crippen molar-refractivity contribution in [1.82, 2.24) is 5.32 Å². The molecule has 0 saturated heterocycles. The van der Waals surface area contributed by atoms with Crippen molar-refractivity contribution in [3.8, 4) is 0 Å². The predicted octanol–water partition coefficient (Wildman–Crippen LogP) is 2.03. The van der Waals surface area contributed by atoms with Crippen LogP contribution in [0.4, 0.5) is 10.1 Å². The number of anilines is 1. The molecule has 0 fully saturated rings. The second-order valence-corrected chi connectivity index (χ2v) is 3.08. The van der Waals surface area contributed by atoms with Crippen LogP contribution in [0.25, 0.3) is 6.08 Å². The highest BCUT2D eigenvalue weighted by molar-refractivity contribution is 5.54. The quantitative estimate of drug-likeness (QED) is 0.568. The zero-order valence-corrected chi connectivity index (χ0v) is 8.26. The Kier molecular flexibility index (Phi) is 4.13. The molecule has 3 heteroatoms. The standard InChI is InChI=1S/C11H15FN2/c1-14-7-3-2-4-9-5-6-11(13)10(12)8-9/h2,4-6,8,14H,3,7,13H2,1H3. The highest BCUT2D eigenvalue weighted by Crippen LogP contribution is 2.12. The molecule has 0 bridgehead atoms. The van der Waals surface area contributed by atoms with Crippen LogP contribution < -0.4 is 11.1 Å². The molecule has 3 N–H and O–H groups in total. The van der Waals surface area contributed by atoms with Crippen LogP contribution in [-0.4, -0.2) is 13.6 Å². The van der Waals surface area contributed by atoms with Gasteiger partial charge in [0.2, 0.25) is 0 Å². The Labute approximate surface area is 83.6 Å². The van der Waals surface area contributed by atoms with Crippen molar-refractivity contribution < 1.29 is 4.39 Å². The number of rotatable bonds is 4. The van der Waals surface area contributed by atoms with Crippen LogP contribution in [0.15, 0.2) is 24.3 Å². The van der Waals surface area contributed by atoms with Gasteiger partial charge in [0.1, 0.15) is 5.82 Å². The monoisotopic (exact) mass is 194 g/mol. The lowest BCUT2D eigenvalue weighted by Gasteiger charge is -1.97. The molecule has 1 aromatic carbocycles. The van der Waals surface area contributed by atoms with Gasteiger partial charge >= 0.3 is 0 Å². The molecular formula is C11H15FN2. The Morgan fingerprint density at radius 1 is 1.50 bits per heavy atom. The van der Waals surface area contributed by atoms with E-state index >= 15 is 0 Å². The van der Waals surface area contributed by atoms with Crippen molar-refractivity contribution in [3.63, 3.8) is 0 Å². The molecule has 0 aliphatic heterocycles. The topological polar surface area (TPSA) is 38.0 Å².